The van der Waals surface area contributed by atoms with E-state index in [1.54, 1.807) is 0 Å². The summed E-state index contributed by atoms with van der Waals surface area (Å²) in [4.78, 5) is 2.55. The lowest BCUT2D eigenvalue weighted by Crippen LogP contribution is -2.45. The van der Waals surface area contributed by atoms with Gasteiger partial charge in [-0.1, -0.05) is 46.1 Å². The van der Waals surface area contributed by atoms with E-state index in [0.29, 0.717) is 17.4 Å². The van der Waals surface area contributed by atoms with Crippen molar-refractivity contribution in [3.8, 4) is 0 Å². The zero-order valence-corrected chi connectivity index (χ0v) is 16.0. The molecule has 2 unspecified atom stereocenters. The number of hydrogen-bond donors (Lipinski definition) is 0. The molecule has 0 saturated heterocycles. The molecule has 0 N–H and O–H groups in total. The number of hydrogen-bond acceptors (Lipinski definition) is 1. The third-order valence-corrected chi connectivity index (χ3v) is 6.45. The molecule has 0 aromatic heterocycles. The van der Waals surface area contributed by atoms with Gasteiger partial charge in [0.15, 0.2) is 0 Å². The van der Waals surface area contributed by atoms with E-state index in [1.165, 1.54) is 40.8 Å². The molecular weight excluding hydrogens is 302 g/mol. The quantitative estimate of drug-likeness (QED) is 0.623. The van der Waals surface area contributed by atoms with Crippen LogP contribution in [0.2, 0.25) is 0 Å². The van der Waals surface area contributed by atoms with Crippen LogP contribution in [0.4, 0.5) is 0 Å². The van der Waals surface area contributed by atoms with Crippen LogP contribution in [0, 0.1) is 5.41 Å². The number of allylic oxidation sites excluding steroid dienone is 4. The molecule has 0 amide bonds. The van der Waals surface area contributed by atoms with Gasteiger partial charge in [0.25, 0.3) is 0 Å². The van der Waals surface area contributed by atoms with Crippen molar-refractivity contribution in [1.29, 1.82) is 0 Å². The molecule has 1 aromatic rings. The van der Waals surface area contributed by atoms with Crippen LogP contribution in [0.3, 0.4) is 0 Å². The van der Waals surface area contributed by atoms with Crippen molar-refractivity contribution in [1.82, 2.24) is 4.90 Å². The second-order valence-electron chi connectivity index (χ2n) is 8.64. The lowest BCUT2D eigenvalue weighted by molar-refractivity contribution is 0.195. The number of rotatable bonds is 2. The normalized spacial score (nSPS) is 26.4. The number of fused-ring (bicyclic) bond motifs is 6. The van der Waals surface area contributed by atoms with Gasteiger partial charge in [-0.25, -0.2) is 0 Å². The van der Waals surface area contributed by atoms with Gasteiger partial charge in [0.2, 0.25) is 0 Å². The van der Waals surface area contributed by atoms with Gasteiger partial charge in [-0.15, -0.1) is 0 Å². The number of nitrogens with zero attached hydrogens (tertiary/aromatic N) is 1. The highest BCUT2D eigenvalue weighted by Crippen LogP contribution is 2.56. The predicted molar refractivity (Wildman–Crippen MR) is 107 cm³/mol. The van der Waals surface area contributed by atoms with E-state index in [9.17, 15) is 0 Å². The maximum atomic E-state index is 4.31. The average Bonchev–Trinajstić information content (AvgIpc) is 2.89. The molecule has 1 nitrogen and oxygen atoms in total. The van der Waals surface area contributed by atoms with Crippen LogP contribution in [-0.2, 0) is 6.42 Å². The van der Waals surface area contributed by atoms with Crippen LogP contribution in [0.5, 0.6) is 0 Å². The minimum Gasteiger partial charge on any atom is -0.343 e. The van der Waals surface area contributed by atoms with Crippen molar-refractivity contribution in [2.75, 3.05) is 0 Å². The van der Waals surface area contributed by atoms with Crippen molar-refractivity contribution >= 4 is 5.70 Å². The van der Waals surface area contributed by atoms with Gasteiger partial charge < -0.3 is 4.90 Å². The topological polar surface area (TPSA) is 3.24 Å². The molecule has 2 heterocycles. The van der Waals surface area contributed by atoms with E-state index in [-0.39, 0.29) is 0 Å². The highest BCUT2D eigenvalue weighted by molar-refractivity contribution is 5.78. The molecule has 3 aliphatic rings. The second-order valence-corrected chi connectivity index (χ2v) is 8.64. The van der Waals surface area contributed by atoms with Crippen molar-refractivity contribution < 1.29 is 0 Å². The molecule has 1 aliphatic carbocycles. The van der Waals surface area contributed by atoms with Crippen LogP contribution in [0.25, 0.3) is 5.70 Å². The summed E-state index contributed by atoms with van der Waals surface area (Å²) < 4.78 is 0. The summed E-state index contributed by atoms with van der Waals surface area (Å²) in [7, 11) is 0. The van der Waals surface area contributed by atoms with Crippen LogP contribution in [0.1, 0.15) is 63.1 Å². The Labute approximate surface area is 152 Å². The third-order valence-electron chi connectivity index (χ3n) is 6.45. The fourth-order valence-electron chi connectivity index (χ4n) is 5.08. The summed E-state index contributed by atoms with van der Waals surface area (Å²) >= 11 is 0. The minimum absolute atomic E-state index is 0.306. The zero-order valence-electron chi connectivity index (χ0n) is 16.0. The van der Waals surface area contributed by atoms with E-state index in [4.69, 9.17) is 0 Å². The van der Waals surface area contributed by atoms with Crippen LogP contribution < -0.4 is 0 Å². The van der Waals surface area contributed by atoms with E-state index in [1.807, 2.05) is 0 Å². The average molecular weight is 332 g/mol. The lowest BCUT2D eigenvalue weighted by atomic mass is 9.75. The standard InChI is InChI=1S/C24H29N/c1-7-17-8-9-18-19-10-11-24(5,6)23(19)25-14-21(15(2)3)16(4)12-22(25)20(18)13-17/h8-9,12-14,19,23H,2,4,7,10-11H2,1,3,5-6H3. The number of aryl methyl sites for hydroxylation is 1. The Morgan fingerprint density at radius 1 is 1.32 bits per heavy atom. The first kappa shape index (κ1) is 16.4. The van der Waals surface area contributed by atoms with E-state index < -0.39 is 0 Å². The van der Waals surface area contributed by atoms with Gasteiger partial charge in [-0.05, 0) is 71.6 Å². The number of benzene rings is 1. The van der Waals surface area contributed by atoms with Crippen molar-refractivity contribution in [3.05, 3.63) is 77.0 Å². The highest BCUT2D eigenvalue weighted by Gasteiger charge is 2.50. The summed E-state index contributed by atoms with van der Waals surface area (Å²) in [6.07, 6.45) is 8.24. The molecule has 0 bridgehead atoms. The van der Waals surface area contributed by atoms with E-state index in [0.717, 1.165) is 17.6 Å². The molecule has 0 radical (unpaired) electrons. The molecule has 2 aliphatic heterocycles. The summed E-state index contributed by atoms with van der Waals surface area (Å²) in [5.74, 6) is 0.613. The molecule has 25 heavy (non-hydrogen) atoms. The molecule has 2 atom stereocenters. The van der Waals surface area contributed by atoms with Crippen molar-refractivity contribution in [3.63, 3.8) is 0 Å². The highest BCUT2D eigenvalue weighted by atomic mass is 15.2. The molecule has 1 fully saturated rings. The molecule has 0 spiro atoms. The molecule has 130 valence electrons. The summed E-state index contributed by atoms with van der Waals surface area (Å²) in [5, 5.41) is 0. The Kier molecular flexibility index (Phi) is 3.61. The predicted octanol–water partition coefficient (Wildman–Crippen LogP) is 6.21. The molecule has 4 rings (SSSR count). The Hall–Kier alpha value is -2.02. The lowest BCUT2D eigenvalue weighted by Gasteiger charge is -2.47. The summed E-state index contributed by atoms with van der Waals surface area (Å²) in [5.41, 5.74) is 9.38. The minimum atomic E-state index is 0.306. The third kappa shape index (κ3) is 2.36. The first-order chi connectivity index (χ1) is 11.8. The van der Waals surface area contributed by atoms with Crippen molar-refractivity contribution in [2.24, 2.45) is 5.41 Å². The van der Waals surface area contributed by atoms with Gasteiger partial charge in [0.1, 0.15) is 0 Å². The maximum absolute atomic E-state index is 4.31. The zero-order chi connectivity index (χ0) is 17.9. The van der Waals surface area contributed by atoms with Crippen molar-refractivity contribution in [2.45, 2.75) is 58.9 Å². The SMILES string of the molecule is C=C(C)C1=CN2C(=CC1=C)c1cc(CC)ccc1C1CCC(C)(C)C12. The second kappa shape index (κ2) is 5.49. The monoisotopic (exact) mass is 331 g/mol. The summed E-state index contributed by atoms with van der Waals surface area (Å²) in [6, 6.07) is 7.64. The first-order valence-electron chi connectivity index (χ1n) is 9.53. The summed E-state index contributed by atoms with van der Waals surface area (Å²) in [6.45, 7) is 17.7. The Balaban J connectivity index is 1.95. The van der Waals surface area contributed by atoms with Gasteiger partial charge in [0, 0.05) is 29.4 Å². The fourth-order valence-corrected chi connectivity index (χ4v) is 5.08. The smallest absolute Gasteiger partial charge is 0.0491 e. The Bertz CT molecular complexity index is 834. The molecular formula is C24H29N. The maximum Gasteiger partial charge on any atom is 0.0491 e. The fraction of sp³-hybridized carbons (Fsp3) is 0.417. The van der Waals surface area contributed by atoms with E-state index in [2.05, 4.69) is 76.2 Å². The van der Waals surface area contributed by atoms with Gasteiger partial charge in [0.05, 0.1) is 0 Å². The van der Waals surface area contributed by atoms with Gasteiger partial charge in [-0.3, -0.25) is 0 Å². The molecule has 1 aromatic carbocycles. The largest absolute Gasteiger partial charge is 0.343 e. The first-order valence-corrected chi connectivity index (χ1v) is 9.53. The van der Waals surface area contributed by atoms with Gasteiger partial charge in [-0.2, -0.15) is 0 Å². The molecule has 1 saturated carbocycles. The van der Waals surface area contributed by atoms with Crippen LogP contribution in [-0.4, -0.2) is 10.9 Å². The Morgan fingerprint density at radius 3 is 2.76 bits per heavy atom. The molecule has 1 heteroatoms. The van der Waals surface area contributed by atoms with Crippen LogP contribution in [0.15, 0.2) is 60.4 Å². The Morgan fingerprint density at radius 2 is 2.08 bits per heavy atom. The van der Waals surface area contributed by atoms with Crippen LogP contribution >= 0.6 is 0 Å². The van der Waals surface area contributed by atoms with E-state index >= 15 is 0 Å². The van der Waals surface area contributed by atoms with Gasteiger partial charge >= 0.3 is 0 Å².